The average molecular weight is 372 g/mol. The van der Waals surface area contributed by atoms with Crippen molar-refractivity contribution >= 4 is 40.3 Å². The number of carbonyl (C=O) groups is 1. The van der Waals surface area contributed by atoms with E-state index in [4.69, 9.17) is 4.74 Å². The highest BCUT2D eigenvalue weighted by atomic mass is 127. The molecule has 4 nitrogen and oxygen atoms in total. The smallest absolute Gasteiger partial charge is 0.325 e. The van der Waals surface area contributed by atoms with E-state index in [2.05, 4.69) is 51.1 Å². The summed E-state index contributed by atoms with van der Waals surface area (Å²) in [6.07, 6.45) is 4.15. The van der Waals surface area contributed by atoms with Gasteiger partial charge in [0.05, 0.1) is 6.61 Å². The molecule has 1 unspecified atom stereocenters. The summed E-state index contributed by atoms with van der Waals surface area (Å²) in [6, 6.07) is 6.07. The molecule has 19 heavy (non-hydrogen) atoms. The molecule has 1 atom stereocenters. The van der Waals surface area contributed by atoms with Gasteiger partial charge in [-0.15, -0.1) is 0 Å². The zero-order valence-electron chi connectivity index (χ0n) is 11.0. The quantitative estimate of drug-likeness (QED) is 0.382. The summed E-state index contributed by atoms with van der Waals surface area (Å²) in [5.41, 5.74) is 3.38. The molecule has 102 valence electrons. The van der Waals surface area contributed by atoms with Crippen LogP contribution >= 0.6 is 22.6 Å². The summed E-state index contributed by atoms with van der Waals surface area (Å²) in [5, 5.41) is 3.17. The number of nitrogens with one attached hydrogen (secondary N) is 1. The van der Waals surface area contributed by atoms with Gasteiger partial charge in [-0.2, -0.15) is 0 Å². The minimum absolute atomic E-state index is 0.196. The van der Waals surface area contributed by atoms with E-state index < -0.39 is 0 Å². The van der Waals surface area contributed by atoms with Crippen molar-refractivity contribution in [2.75, 3.05) is 25.5 Å². The number of ether oxygens (including phenoxy) is 1. The van der Waals surface area contributed by atoms with E-state index in [1.807, 2.05) is 26.1 Å². The van der Waals surface area contributed by atoms with E-state index in [9.17, 15) is 4.79 Å². The summed E-state index contributed by atoms with van der Waals surface area (Å²) in [5.74, 6) is -0.232. The maximum atomic E-state index is 11.4. The minimum Gasteiger partial charge on any atom is -0.465 e. The van der Waals surface area contributed by atoms with E-state index in [1.54, 1.807) is 0 Å². The predicted octanol–water partition coefficient (Wildman–Crippen LogP) is 3.01. The SMILES string of the molecule is CCOC(=O)CNc1cccc2c1C(I)N(C)C=C2. The second kappa shape index (κ2) is 6.27. The van der Waals surface area contributed by atoms with E-state index in [0.29, 0.717) is 6.61 Å². The fourth-order valence-corrected chi connectivity index (χ4v) is 2.89. The molecule has 0 aromatic heterocycles. The number of alkyl halides is 1. The summed E-state index contributed by atoms with van der Waals surface area (Å²) < 4.78 is 5.18. The first-order valence-electron chi connectivity index (χ1n) is 6.20. The molecular formula is C14H17IN2O2. The molecule has 1 N–H and O–H groups in total. The molecule has 5 heteroatoms. The van der Waals surface area contributed by atoms with Crippen LogP contribution in [0.5, 0.6) is 0 Å². The van der Waals surface area contributed by atoms with Gasteiger partial charge in [0, 0.05) is 24.5 Å². The molecule has 2 rings (SSSR count). The van der Waals surface area contributed by atoms with Crippen molar-refractivity contribution < 1.29 is 9.53 Å². The highest BCUT2D eigenvalue weighted by Crippen LogP contribution is 2.38. The number of nitrogens with zero attached hydrogens (tertiary/aromatic N) is 1. The Kier molecular flexibility index (Phi) is 4.68. The van der Waals surface area contributed by atoms with Crippen LogP contribution in [0, 0.1) is 0 Å². The molecule has 0 saturated carbocycles. The monoisotopic (exact) mass is 372 g/mol. The molecule has 0 fully saturated rings. The lowest BCUT2D eigenvalue weighted by Crippen LogP contribution is -2.22. The van der Waals surface area contributed by atoms with Crippen LogP contribution in [-0.2, 0) is 9.53 Å². The third-order valence-electron chi connectivity index (χ3n) is 2.95. The van der Waals surface area contributed by atoms with E-state index in [-0.39, 0.29) is 16.6 Å². The Labute approximate surface area is 127 Å². The molecule has 1 aromatic rings. The van der Waals surface area contributed by atoms with Gasteiger partial charge in [-0.25, -0.2) is 0 Å². The van der Waals surface area contributed by atoms with Gasteiger partial charge in [-0.05, 0) is 24.6 Å². The number of carbonyl (C=O) groups excluding carboxylic acids is 1. The van der Waals surface area contributed by atoms with Gasteiger partial charge in [0.1, 0.15) is 10.6 Å². The highest BCUT2D eigenvalue weighted by molar-refractivity contribution is 14.1. The van der Waals surface area contributed by atoms with Crippen LogP contribution in [0.4, 0.5) is 5.69 Å². The number of anilines is 1. The lowest BCUT2D eigenvalue weighted by molar-refractivity contribution is -0.140. The Morgan fingerprint density at radius 3 is 3.05 bits per heavy atom. The molecular weight excluding hydrogens is 355 g/mol. The Bertz CT molecular complexity index is 502. The topological polar surface area (TPSA) is 41.6 Å². The Balaban J connectivity index is 2.19. The van der Waals surface area contributed by atoms with Crippen LogP contribution in [-0.4, -0.2) is 31.1 Å². The van der Waals surface area contributed by atoms with Crippen LogP contribution < -0.4 is 5.32 Å². The summed E-state index contributed by atoms with van der Waals surface area (Å²) in [6.45, 7) is 2.41. The lowest BCUT2D eigenvalue weighted by atomic mass is 10.0. The fourth-order valence-electron chi connectivity index (χ4n) is 2.00. The van der Waals surface area contributed by atoms with E-state index in [0.717, 1.165) is 5.69 Å². The van der Waals surface area contributed by atoms with E-state index >= 15 is 0 Å². The third kappa shape index (κ3) is 3.20. The van der Waals surface area contributed by atoms with Gasteiger partial charge in [0.2, 0.25) is 0 Å². The van der Waals surface area contributed by atoms with Crippen molar-refractivity contribution in [1.82, 2.24) is 4.90 Å². The Hall–Kier alpha value is -1.24. The minimum atomic E-state index is -0.232. The van der Waals surface area contributed by atoms with Gasteiger partial charge < -0.3 is 15.0 Å². The van der Waals surface area contributed by atoms with Crippen LogP contribution in [0.15, 0.2) is 24.4 Å². The number of hydrogen-bond donors (Lipinski definition) is 1. The zero-order chi connectivity index (χ0) is 13.8. The number of benzene rings is 1. The van der Waals surface area contributed by atoms with Gasteiger partial charge in [-0.1, -0.05) is 34.7 Å². The molecule has 1 aliphatic rings. The zero-order valence-corrected chi connectivity index (χ0v) is 13.2. The standard InChI is InChI=1S/C14H17IN2O2/c1-3-19-12(18)9-16-11-6-4-5-10-7-8-17(2)14(15)13(10)11/h4-8,14,16H,3,9H2,1-2H3. The van der Waals surface area contributed by atoms with E-state index in [1.165, 1.54) is 11.1 Å². The van der Waals surface area contributed by atoms with Crippen molar-refractivity contribution in [2.45, 2.75) is 11.0 Å². The van der Waals surface area contributed by atoms with Crippen molar-refractivity contribution in [2.24, 2.45) is 0 Å². The maximum absolute atomic E-state index is 11.4. The summed E-state index contributed by atoms with van der Waals surface area (Å²) in [4.78, 5) is 13.6. The van der Waals surface area contributed by atoms with Crippen molar-refractivity contribution in [3.8, 4) is 0 Å². The van der Waals surface area contributed by atoms with Crippen LogP contribution in [0.3, 0.4) is 0 Å². The normalized spacial score (nSPS) is 17.0. The molecule has 0 aliphatic carbocycles. The lowest BCUT2D eigenvalue weighted by Gasteiger charge is -2.29. The molecule has 1 aromatic carbocycles. The first kappa shape index (κ1) is 14.2. The molecule has 0 radical (unpaired) electrons. The fraction of sp³-hybridized carbons (Fsp3) is 0.357. The Morgan fingerprint density at radius 1 is 1.53 bits per heavy atom. The number of esters is 1. The van der Waals surface area contributed by atoms with Crippen molar-refractivity contribution in [3.63, 3.8) is 0 Å². The molecule has 0 spiro atoms. The average Bonchev–Trinajstić information content (AvgIpc) is 2.41. The van der Waals surface area contributed by atoms with Crippen molar-refractivity contribution in [1.29, 1.82) is 0 Å². The van der Waals surface area contributed by atoms with Gasteiger partial charge >= 0.3 is 5.97 Å². The molecule has 1 aliphatic heterocycles. The molecule has 1 heterocycles. The number of rotatable bonds is 4. The maximum Gasteiger partial charge on any atom is 0.325 e. The molecule has 0 bridgehead atoms. The van der Waals surface area contributed by atoms with Crippen LogP contribution in [0.25, 0.3) is 6.08 Å². The summed E-state index contributed by atoms with van der Waals surface area (Å²) in [7, 11) is 2.04. The first-order chi connectivity index (χ1) is 9.13. The van der Waals surface area contributed by atoms with Crippen LogP contribution in [0.2, 0.25) is 0 Å². The van der Waals surface area contributed by atoms with Crippen LogP contribution in [0.1, 0.15) is 22.1 Å². The number of fused-ring (bicyclic) bond motifs is 1. The predicted molar refractivity (Wildman–Crippen MR) is 85.1 cm³/mol. The van der Waals surface area contributed by atoms with Crippen molar-refractivity contribution in [3.05, 3.63) is 35.5 Å². The Morgan fingerprint density at radius 2 is 2.32 bits per heavy atom. The summed E-state index contributed by atoms with van der Waals surface area (Å²) >= 11 is 2.39. The van der Waals surface area contributed by atoms with Gasteiger partial charge in [-0.3, -0.25) is 4.79 Å². The highest BCUT2D eigenvalue weighted by Gasteiger charge is 2.21. The molecule has 0 saturated heterocycles. The second-order valence-corrected chi connectivity index (χ2v) is 5.46. The number of hydrogen-bond acceptors (Lipinski definition) is 4. The first-order valence-corrected chi connectivity index (χ1v) is 7.44. The largest absolute Gasteiger partial charge is 0.465 e. The molecule has 0 amide bonds. The van der Waals surface area contributed by atoms with Gasteiger partial charge in [0.25, 0.3) is 0 Å². The second-order valence-electron chi connectivity index (χ2n) is 4.28. The van der Waals surface area contributed by atoms with Gasteiger partial charge in [0.15, 0.2) is 0 Å². The third-order valence-corrected chi connectivity index (χ3v) is 4.45. The number of halogens is 1.